The Balaban J connectivity index is 0.000000855. The maximum atomic E-state index is 12.6. The van der Waals surface area contributed by atoms with Gasteiger partial charge in [-0.15, -0.1) is 0 Å². The molecule has 0 aliphatic heterocycles. The average Bonchev–Trinajstić information content (AvgIpc) is 3.60. The molecule has 0 fully saturated rings. The fourth-order valence-electron chi connectivity index (χ4n) is 8.00. The van der Waals surface area contributed by atoms with Crippen LogP contribution in [0.5, 0.6) is 0 Å². The molecule has 0 aromatic carbocycles. The molecule has 65 heavy (non-hydrogen) atoms. The summed E-state index contributed by atoms with van der Waals surface area (Å²) in [6, 6.07) is 7.45. The van der Waals surface area contributed by atoms with Gasteiger partial charge in [0.25, 0.3) is 0 Å². The lowest BCUT2D eigenvalue weighted by atomic mass is 10.0. The minimum atomic E-state index is -4.37. The molecule has 0 saturated carbocycles. The number of nitrogens with two attached hydrogens (primary N) is 1. The quantitative estimate of drug-likeness (QED) is 0.0313. The third-order valence-electron chi connectivity index (χ3n) is 11.8. The van der Waals surface area contributed by atoms with Gasteiger partial charge in [-0.25, -0.2) is 4.57 Å². The summed E-state index contributed by atoms with van der Waals surface area (Å²) in [7, 11) is -4.37. The molecule has 2 aromatic rings. The van der Waals surface area contributed by atoms with Gasteiger partial charge in [-0.3, -0.25) is 33.4 Å². The average molecular weight is 930 g/mol. The standard InChI is InChI=1S/C41H82NO8P.C11H6N2O/c1-3-5-7-9-11-13-15-17-19-21-23-25-27-29-31-33-40(43)47-37-39(38-49-51(45,46)48-36-35-42)50-41(44)34-32-30-28-26-24-22-20-18-16-14-12-10-8-6-4-2;14-11-9-7(3-1-5-12-9)8-4-2-6-13-10(8)11/h39H,3-38,42H2,1-2H3,(H,45,46);1-6H/t39-;/m1./s1. The van der Waals surface area contributed by atoms with E-state index in [9.17, 15) is 23.8 Å². The molecular formula is C52H88N3O9P. The summed E-state index contributed by atoms with van der Waals surface area (Å²) in [5, 5.41) is 0. The van der Waals surface area contributed by atoms with E-state index in [0.29, 0.717) is 17.8 Å². The van der Waals surface area contributed by atoms with E-state index in [1.807, 2.05) is 24.3 Å². The van der Waals surface area contributed by atoms with E-state index >= 15 is 0 Å². The zero-order chi connectivity index (χ0) is 47.1. The lowest BCUT2D eigenvalue weighted by Gasteiger charge is -2.19. The summed E-state index contributed by atoms with van der Waals surface area (Å²) in [5.41, 5.74) is 8.15. The van der Waals surface area contributed by atoms with Crippen LogP contribution in [0.4, 0.5) is 0 Å². The zero-order valence-electron chi connectivity index (χ0n) is 40.6. The Kier molecular flexibility index (Phi) is 34.9. The molecule has 0 bridgehead atoms. The topological polar surface area (TPSA) is 177 Å². The van der Waals surface area contributed by atoms with Crippen molar-refractivity contribution < 1.29 is 42.4 Å². The van der Waals surface area contributed by atoms with Gasteiger partial charge in [0.05, 0.1) is 13.2 Å². The first-order valence-electron chi connectivity index (χ1n) is 25.8. The van der Waals surface area contributed by atoms with Crippen molar-refractivity contribution in [3.63, 3.8) is 0 Å². The highest BCUT2D eigenvalue weighted by Gasteiger charge is 2.28. The van der Waals surface area contributed by atoms with Gasteiger partial charge in [0.15, 0.2) is 6.10 Å². The molecule has 0 amide bonds. The van der Waals surface area contributed by atoms with Crippen molar-refractivity contribution in [2.24, 2.45) is 5.73 Å². The van der Waals surface area contributed by atoms with Gasteiger partial charge in [0, 0.05) is 42.9 Å². The third-order valence-corrected chi connectivity index (χ3v) is 12.8. The van der Waals surface area contributed by atoms with Crippen LogP contribution in [-0.4, -0.2) is 65.1 Å². The fraction of sp³-hybridized carbons (Fsp3) is 0.750. The van der Waals surface area contributed by atoms with Crippen molar-refractivity contribution in [1.82, 2.24) is 9.97 Å². The Morgan fingerprint density at radius 2 is 0.938 bits per heavy atom. The lowest BCUT2D eigenvalue weighted by molar-refractivity contribution is -0.161. The number of ether oxygens (including phenoxy) is 2. The molecule has 370 valence electrons. The Bertz CT molecular complexity index is 1530. The largest absolute Gasteiger partial charge is 0.472 e. The Morgan fingerprint density at radius 1 is 0.569 bits per heavy atom. The number of unbranched alkanes of at least 4 members (excludes halogenated alkanes) is 28. The van der Waals surface area contributed by atoms with E-state index in [-0.39, 0.29) is 44.4 Å². The highest BCUT2D eigenvalue weighted by atomic mass is 31.2. The molecule has 1 unspecified atom stereocenters. The van der Waals surface area contributed by atoms with E-state index in [1.54, 1.807) is 12.4 Å². The van der Waals surface area contributed by atoms with Crippen molar-refractivity contribution in [1.29, 1.82) is 0 Å². The Hall–Kier alpha value is -3.02. The van der Waals surface area contributed by atoms with Crippen LogP contribution in [0.25, 0.3) is 11.1 Å². The number of aromatic nitrogens is 2. The van der Waals surface area contributed by atoms with Gasteiger partial charge >= 0.3 is 19.8 Å². The fourth-order valence-corrected chi connectivity index (χ4v) is 8.77. The van der Waals surface area contributed by atoms with Gasteiger partial charge in [-0.1, -0.05) is 206 Å². The van der Waals surface area contributed by atoms with E-state index in [4.69, 9.17) is 24.3 Å². The van der Waals surface area contributed by atoms with E-state index < -0.39 is 26.5 Å². The predicted octanol–water partition coefficient (Wildman–Crippen LogP) is 13.7. The molecule has 13 heteroatoms. The van der Waals surface area contributed by atoms with Crippen molar-refractivity contribution in [2.75, 3.05) is 26.4 Å². The number of carbonyl (C=O) groups is 3. The number of hydrogen-bond donors (Lipinski definition) is 2. The second-order valence-electron chi connectivity index (χ2n) is 17.7. The summed E-state index contributed by atoms with van der Waals surface area (Å²) in [6.45, 7) is 3.77. The molecule has 2 heterocycles. The number of phosphoric ester groups is 1. The van der Waals surface area contributed by atoms with Crippen LogP contribution in [0.15, 0.2) is 36.7 Å². The molecule has 2 aromatic heterocycles. The number of rotatable bonds is 41. The van der Waals surface area contributed by atoms with Crippen molar-refractivity contribution >= 4 is 25.5 Å². The summed E-state index contributed by atoms with van der Waals surface area (Å²) in [5.74, 6) is -0.886. The lowest BCUT2D eigenvalue weighted by Crippen LogP contribution is -2.29. The van der Waals surface area contributed by atoms with Crippen LogP contribution in [0.3, 0.4) is 0 Å². The predicted molar refractivity (Wildman–Crippen MR) is 262 cm³/mol. The van der Waals surface area contributed by atoms with Crippen LogP contribution >= 0.6 is 7.82 Å². The van der Waals surface area contributed by atoms with Crippen LogP contribution < -0.4 is 5.73 Å². The summed E-state index contributed by atoms with van der Waals surface area (Å²) in [4.78, 5) is 54.7. The highest BCUT2D eigenvalue weighted by molar-refractivity contribution is 7.47. The second kappa shape index (κ2) is 39.0. The van der Waals surface area contributed by atoms with Crippen LogP contribution in [-0.2, 0) is 32.7 Å². The molecule has 1 aliphatic carbocycles. The maximum absolute atomic E-state index is 12.6. The van der Waals surface area contributed by atoms with Crippen molar-refractivity contribution in [3.05, 3.63) is 48.0 Å². The van der Waals surface area contributed by atoms with E-state index in [1.165, 1.54) is 154 Å². The first-order valence-corrected chi connectivity index (χ1v) is 27.3. The first kappa shape index (κ1) is 58.1. The molecule has 1 aliphatic rings. The zero-order valence-corrected chi connectivity index (χ0v) is 41.5. The molecule has 3 rings (SSSR count). The number of esters is 2. The molecule has 12 nitrogen and oxygen atoms in total. The minimum absolute atomic E-state index is 0.0580. The molecule has 2 atom stereocenters. The van der Waals surface area contributed by atoms with E-state index in [2.05, 4.69) is 23.8 Å². The number of phosphoric acid groups is 1. The van der Waals surface area contributed by atoms with Crippen molar-refractivity contribution in [2.45, 2.75) is 225 Å². The number of ketones is 1. The van der Waals surface area contributed by atoms with Crippen LogP contribution in [0.1, 0.15) is 235 Å². The molecule has 3 N–H and O–H groups in total. The van der Waals surface area contributed by atoms with Gasteiger partial charge in [-0.05, 0) is 25.0 Å². The maximum Gasteiger partial charge on any atom is 0.472 e. The molecule has 0 saturated heterocycles. The number of carbonyl (C=O) groups excluding carboxylic acids is 3. The third kappa shape index (κ3) is 29.4. The Morgan fingerprint density at radius 3 is 1.32 bits per heavy atom. The number of fused-ring (bicyclic) bond motifs is 3. The number of hydrogen-bond acceptors (Lipinski definition) is 11. The summed E-state index contributed by atoms with van der Waals surface area (Å²) >= 11 is 0. The van der Waals surface area contributed by atoms with Crippen LogP contribution in [0, 0.1) is 0 Å². The molecule has 0 radical (unpaired) electrons. The normalized spacial score (nSPS) is 13.1. The van der Waals surface area contributed by atoms with E-state index in [0.717, 1.165) is 43.2 Å². The van der Waals surface area contributed by atoms with Gasteiger partial charge in [0.1, 0.15) is 18.0 Å². The second-order valence-corrected chi connectivity index (χ2v) is 19.2. The minimum Gasteiger partial charge on any atom is -0.462 e. The van der Waals surface area contributed by atoms with Crippen LogP contribution in [0.2, 0.25) is 0 Å². The molecule has 0 spiro atoms. The monoisotopic (exact) mass is 930 g/mol. The van der Waals surface area contributed by atoms with Gasteiger partial charge in [0.2, 0.25) is 5.78 Å². The molecular weight excluding hydrogens is 842 g/mol. The first-order chi connectivity index (χ1) is 31.7. The Labute approximate surface area is 393 Å². The number of nitrogens with zero attached hydrogens (tertiary/aromatic N) is 2. The van der Waals surface area contributed by atoms with Gasteiger partial charge < -0.3 is 20.1 Å². The SMILES string of the molecule is CCCCCCCCCCCCCCCCCC(=O)OC[C@H](COP(=O)(O)OCCN)OC(=O)CCCCCCCCCCCCCCCCC.O=C1c2ncccc2-c2cccnc21. The highest BCUT2D eigenvalue weighted by Crippen LogP contribution is 2.43. The van der Waals surface area contributed by atoms with Crippen molar-refractivity contribution in [3.8, 4) is 11.1 Å². The van der Waals surface area contributed by atoms with Gasteiger partial charge in [-0.2, -0.15) is 0 Å². The smallest absolute Gasteiger partial charge is 0.462 e. The summed E-state index contributed by atoms with van der Waals surface area (Å²) < 4.78 is 32.8. The summed E-state index contributed by atoms with van der Waals surface area (Å²) in [6.07, 6.45) is 40.2. The number of pyridine rings is 2.